The van der Waals surface area contributed by atoms with Gasteiger partial charge in [0, 0.05) is 38.4 Å². The lowest BCUT2D eigenvalue weighted by molar-refractivity contribution is -0.117. The van der Waals surface area contributed by atoms with Gasteiger partial charge < -0.3 is 14.8 Å². The van der Waals surface area contributed by atoms with Crippen molar-refractivity contribution in [3.8, 4) is 11.5 Å². The summed E-state index contributed by atoms with van der Waals surface area (Å²) >= 11 is 0. The lowest BCUT2D eigenvalue weighted by Crippen LogP contribution is -2.48. The van der Waals surface area contributed by atoms with Gasteiger partial charge in [-0.15, -0.1) is 0 Å². The van der Waals surface area contributed by atoms with Crippen LogP contribution in [0.3, 0.4) is 0 Å². The number of anilines is 1. The van der Waals surface area contributed by atoms with E-state index in [1.807, 2.05) is 24.3 Å². The molecule has 0 aromatic heterocycles. The van der Waals surface area contributed by atoms with Gasteiger partial charge in [-0.1, -0.05) is 19.1 Å². The summed E-state index contributed by atoms with van der Waals surface area (Å²) in [6.07, 6.45) is 0.964. The van der Waals surface area contributed by atoms with Crippen LogP contribution in [0.25, 0.3) is 0 Å². The highest BCUT2D eigenvalue weighted by atomic mass is 16.5. The maximum Gasteiger partial charge on any atom is 0.238 e. The Morgan fingerprint density at radius 3 is 2.33 bits per heavy atom. The molecule has 1 N–H and O–H groups in total. The molecule has 30 heavy (non-hydrogen) atoms. The van der Waals surface area contributed by atoms with E-state index < -0.39 is 0 Å². The fraction of sp³-hybridized carbons (Fsp3) is 0.458. The number of amides is 1. The molecule has 1 fully saturated rings. The second-order valence-corrected chi connectivity index (χ2v) is 7.79. The Morgan fingerprint density at radius 2 is 1.67 bits per heavy atom. The molecule has 0 spiro atoms. The topological polar surface area (TPSA) is 54.0 Å². The van der Waals surface area contributed by atoms with Crippen molar-refractivity contribution in [1.29, 1.82) is 0 Å². The smallest absolute Gasteiger partial charge is 0.238 e. The van der Waals surface area contributed by atoms with E-state index in [1.165, 1.54) is 16.7 Å². The number of nitrogens with one attached hydrogen (secondary N) is 1. The average molecular weight is 412 g/mol. The highest BCUT2D eigenvalue weighted by Gasteiger charge is 2.20. The standard InChI is InChI=1S/C24H33N3O3/c1-5-19-7-6-8-21(14-19)25-24(28)17-27-11-9-26(10-12-27)16-20-15-23(30-4)22(29-3)13-18(20)2/h6-8,13-15H,5,9-12,16-17H2,1-4H3,(H,25,28). The van der Waals surface area contributed by atoms with Gasteiger partial charge in [0.2, 0.25) is 5.91 Å². The highest BCUT2D eigenvalue weighted by Crippen LogP contribution is 2.31. The molecular formula is C24H33N3O3. The van der Waals surface area contributed by atoms with Crippen molar-refractivity contribution in [2.75, 3.05) is 52.3 Å². The van der Waals surface area contributed by atoms with Crippen LogP contribution in [0.1, 0.15) is 23.6 Å². The van der Waals surface area contributed by atoms with Crippen LogP contribution in [0.5, 0.6) is 11.5 Å². The lowest BCUT2D eigenvalue weighted by Gasteiger charge is -2.34. The number of hydrogen-bond acceptors (Lipinski definition) is 5. The highest BCUT2D eigenvalue weighted by molar-refractivity contribution is 5.92. The summed E-state index contributed by atoms with van der Waals surface area (Å²) in [4.78, 5) is 17.1. The number of benzene rings is 2. The van der Waals surface area contributed by atoms with Crippen molar-refractivity contribution in [3.63, 3.8) is 0 Å². The van der Waals surface area contributed by atoms with Crippen LogP contribution in [-0.4, -0.2) is 62.7 Å². The van der Waals surface area contributed by atoms with Crippen molar-refractivity contribution in [2.24, 2.45) is 0 Å². The van der Waals surface area contributed by atoms with Crippen LogP contribution >= 0.6 is 0 Å². The van der Waals surface area contributed by atoms with E-state index in [4.69, 9.17) is 9.47 Å². The van der Waals surface area contributed by atoms with Crippen molar-refractivity contribution >= 4 is 11.6 Å². The summed E-state index contributed by atoms with van der Waals surface area (Å²) in [5.41, 5.74) is 4.55. The zero-order valence-electron chi connectivity index (χ0n) is 18.5. The summed E-state index contributed by atoms with van der Waals surface area (Å²) in [6, 6.07) is 12.2. The minimum atomic E-state index is 0.0486. The van der Waals surface area contributed by atoms with E-state index in [0.29, 0.717) is 6.54 Å². The molecule has 6 nitrogen and oxygen atoms in total. The van der Waals surface area contributed by atoms with Crippen LogP contribution in [0.15, 0.2) is 36.4 Å². The number of nitrogens with zero attached hydrogens (tertiary/aromatic N) is 2. The number of rotatable bonds is 8. The molecule has 1 aliphatic rings. The maximum absolute atomic E-state index is 12.4. The molecule has 3 rings (SSSR count). The third kappa shape index (κ3) is 5.74. The molecule has 2 aromatic rings. The van der Waals surface area contributed by atoms with Gasteiger partial charge in [0.1, 0.15) is 0 Å². The van der Waals surface area contributed by atoms with Gasteiger partial charge in [-0.3, -0.25) is 14.6 Å². The Kier molecular flexibility index (Phi) is 7.71. The first kappa shape index (κ1) is 22.1. The van der Waals surface area contributed by atoms with Crippen LogP contribution in [0, 0.1) is 6.92 Å². The Morgan fingerprint density at radius 1 is 1.00 bits per heavy atom. The summed E-state index contributed by atoms with van der Waals surface area (Å²) in [5, 5.41) is 3.03. The SMILES string of the molecule is CCc1cccc(NC(=O)CN2CCN(Cc3cc(OC)c(OC)cc3C)CC2)c1. The van der Waals surface area contributed by atoms with E-state index >= 15 is 0 Å². The number of hydrogen-bond donors (Lipinski definition) is 1. The predicted octanol–water partition coefficient (Wildman–Crippen LogP) is 3.33. The molecule has 1 aliphatic heterocycles. The molecule has 0 atom stereocenters. The van der Waals surface area contributed by atoms with Crippen LogP contribution in [-0.2, 0) is 17.8 Å². The van der Waals surface area contributed by atoms with Gasteiger partial charge >= 0.3 is 0 Å². The fourth-order valence-electron chi connectivity index (χ4n) is 3.81. The molecule has 0 aliphatic carbocycles. The van der Waals surface area contributed by atoms with Crippen molar-refractivity contribution in [1.82, 2.24) is 9.80 Å². The Bertz CT molecular complexity index is 861. The predicted molar refractivity (Wildman–Crippen MR) is 120 cm³/mol. The van der Waals surface area contributed by atoms with Crippen molar-refractivity contribution in [3.05, 3.63) is 53.1 Å². The minimum absolute atomic E-state index is 0.0486. The summed E-state index contributed by atoms with van der Waals surface area (Å²) < 4.78 is 10.8. The van der Waals surface area contributed by atoms with Crippen LogP contribution in [0.4, 0.5) is 5.69 Å². The molecule has 0 bridgehead atoms. The maximum atomic E-state index is 12.4. The van der Waals surface area contributed by atoms with E-state index in [9.17, 15) is 4.79 Å². The lowest BCUT2D eigenvalue weighted by atomic mass is 10.1. The number of ether oxygens (including phenoxy) is 2. The first-order chi connectivity index (χ1) is 14.5. The number of piperazine rings is 1. The number of carbonyl (C=O) groups excluding carboxylic acids is 1. The number of aryl methyl sites for hydroxylation is 2. The number of carbonyl (C=O) groups is 1. The molecule has 0 radical (unpaired) electrons. The van der Waals surface area contributed by atoms with Crippen LogP contribution in [0.2, 0.25) is 0 Å². The molecule has 1 amide bonds. The average Bonchev–Trinajstić information content (AvgIpc) is 2.76. The zero-order chi connectivity index (χ0) is 21.5. The molecule has 6 heteroatoms. The fourth-order valence-corrected chi connectivity index (χ4v) is 3.81. The first-order valence-corrected chi connectivity index (χ1v) is 10.6. The molecule has 1 saturated heterocycles. The molecule has 0 saturated carbocycles. The zero-order valence-corrected chi connectivity index (χ0v) is 18.5. The summed E-state index contributed by atoms with van der Waals surface area (Å²) in [7, 11) is 3.33. The van der Waals surface area contributed by atoms with Gasteiger partial charge in [0.15, 0.2) is 11.5 Å². The largest absolute Gasteiger partial charge is 0.493 e. The molecule has 2 aromatic carbocycles. The third-order valence-corrected chi connectivity index (χ3v) is 5.69. The van der Waals surface area contributed by atoms with Gasteiger partial charge in [0.25, 0.3) is 0 Å². The molecule has 1 heterocycles. The van der Waals surface area contributed by atoms with Crippen molar-refractivity contribution in [2.45, 2.75) is 26.8 Å². The molecular weight excluding hydrogens is 378 g/mol. The van der Waals surface area contributed by atoms with Gasteiger partial charge in [-0.25, -0.2) is 0 Å². The van der Waals surface area contributed by atoms with Gasteiger partial charge in [-0.05, 0) is 54.3 Å². The summed E-state index contributed by atoms with van der Waals surface area (Å²) in [6.45, 7) is 9.16. The normalized spacial score (nSPS) is 15.1. The molecule has 0 unspecified atom stereocenters. The Hall–Kier alpha value is -2.57. The quantitative estimate of drug-likeness (QED) is 0.722. The monoisotopic (exact) mass is 411 g/mol. The van der Waals surface area contributed by atoms with Crippen LogP contribution < -0.4 is 14.8 Å². The van der Waals surface area contributed by atoms with Gasteiger partial charge in [0.05, 0.1) is 20.8 Å². The summed E-state index contributed by atoms with van der Waals surface area (Å²) in [5.74, 6) is 1.58. The van der Waals surface area contributed by atoms with E-state index in [1.54, 1.807) is 14.2 Å². The van der Waals surface area contributed by atoms with E-state index in [0.717, 1.165) is 56.3 Å². The Labute approximate surface area is 179 Å². The van der Waals surface area contributed by atoms with E-state index in [-0.39, 0.29) is 5.91 Å². The van der Waals surface area contributed by atoms with Gasteiger partial charge in [-0.2, -0.15) is 0 Å². The van der Waals surface area contributed by atoms with Crippen molar-refractivity contribution < 1.29 is 14.3 Å². The second-order valence-electron chi connectivity index (χ2n) is 7.79. The number of methoxy groups -OCH3 is 2. The third-order valence-electron chi connectivity index (χ3n) is 5.69. The minimum Gasteiger partial charge on any atom is -0.493 e. The molecule has 162 valence electrons. The van der Waals surface area contributed by atoms with E-state index in [2.05, 4.69) is 41.1 Å². The first-order valence-electron chi connectivity index (χ1n) is 10.6. The second kappa shape index (κ2) is 10.5. The Balaban J connectivity index is 1.49.